The van der Waals surface area contributed by atoms with Gasteiger partial charge in [0, 0.05) is 11.3 Å². The van der Waals surface area contributed by atoms with Gasteiger partial charge in [-0.1, -0.05) is 24.8 Å². The number of esters is 1. The number of hydrogen-bond acceptors (Lipinski definition) is 5. The highest BCUT2D eigenvalue weighted by atomic mass is 16.6. The number of carbonyl (C=O) groups excluding carboxylic acids is 1. The second-order valence-electron chi connectivity index (χ2n) is 4.45. The fourth-order valence-corrected chi connectivity index (χ4v) is 1.19. The van der Waals surface area contributed by atoms with Crippen LogP contribution in [0.15, 0.2) is 42.5 Å². The zero-order chi connectivity index (χ0) is 15.7. The van der Waals surface area contributed by atoms with Gasteiger partial charge in [0.15, 0.2) is 0 Å². The van der Waals surface area contributed by atoms with Crippen LogP contribution in [-0.2, 0) is 19.1 Å². The number of epoxide rings is 1. The summed E-state index contributed by atoms with van der Waals surface area (Å²) in [6.07, 6.45) is 0.142. The third-order valence-corrected chi connectivity index (χ3v) is 2.37. The molecule has 6 nitrogen and oxygen atoms in total. The van der Waals surface area contributed by atoms with Crippen LogP contribution in [0.5, 0.6) is 0 Å². The molecule has 1 aromatic rings. The summed E-state index contributed by atoms with van der Waals surface area (Å²) in [5, 5.41) is 11.1. The van der Waals surface area contributed by atoms with E-state index in [1.165, 1.54) is 0 Å². The van der Waals surface area contributed by atoms with E-state index in [-0.39, 0.29) is 18.6 Å². The van der Waals surface area contributed by atoms with E-state index >= 15 is 0 Å². The fraction of sp³-hybridized carbons (Fsp3) is 0.333. The van der Waals surface area contributed by atoms with Crippen LogP contribution in [0.1, 0.15) is 6.92 Å². The van der Waals surface area contributed by atoms with E-state index in [2.05, 4.69) is 11.9 Å². The van der Waals surface area contributed by atoms with Gasteiger partial charge in [-0.15, -0.1) is 0 Å². The quantitative estimate of drug-likeness (QED) is 0.471. The molecular weight excluding hydrogens is 274 g/mol. The van der Waals surface area contributed by atoms with Crippen molar-refractivity contribution < 1.29 is 24.2 Å². The lowest BCUT2D eigenvalue weighted by Gasteiger charge is -2.00. The van der Waals surface area contributed by atoms with Crippen LogP contribution in [0.2, 0.25) is 0 Å². The minimum Gasteiger partial charge on any atom is -0.480 e. The number of ether oxygens (including phenoxy) is 2. The molecule has 1 fully saturated rings. The van der Waals surface area contributed by atoms with Gasteiger partial charge in [0.1, 0.15) is 19.3 Å². The van der Waals surface area contributed by atoms with Gasteiger partial charge in [-0.3, -0.25) is 4.79 Å². The largest absolute Gasteiger partial charge is 0.480 e. The second-order valence-corrected chi connectivity index (χ2v) is 4.45. The monoisotopic (exact) mass is 293 g/mol. The normalized spacial score (nSPS) is 15.2. The molecule has 1 atom stereocenters. The lowest BCUT2D eigenvalue weighted by molar-refractivity contribution is -0.139. The van der Waals surface area contributed by atoms with Gasteiger partial charge in [0.25, 0.3) is 0 Å². The Morgan fingerprint density at radius 3 is 2.52 bits per heavy atom. The van der Waals surface area contributed by atoms with Crippen molar-refractivity contribution >= 4 is 17.6 Å². The summed E-state index contributed by atoms with van der Waals surface area (Å²) < 4.78 is 9.60. The third kappa shape index (κ3) is 8.43. The number of hydrogen-bond donors (Lipinski definition) is 2. The molecule has 1 heterocycles. The van der Waals surface area contributed by atoms with Crippen molar-refractivity contribution in [3.8, 4) is 0 Å². The molecule has 0 amide bonds. The first kappa shape index (κ1) is 16.7. The topological polar surface area (TPSA) is 88.2 Å². The molecule has 1 unspecified atom stereocenters. The lowest BCUT2D eigenvalue weighted by Crippen LogP contribution is -2.11. The summed E-state index contributed by atoms with van der Waals surface area (Å²) in [4.78, 5) is 20.8. The Morgan fingerprint density at radius 1 is 1.43 bits per heavy atom. The Hall–Kier alpha value is -2.34. The van der Waals surface area contributed by atoms with Crippen LogP contribution in [-0.4, -0.2) is 42.9 Å². The first-order valence-electron chi connectivity index (χ1n) is 6.44. The van der Waals surface area contributed by atoms with E-state index in [1.807, 2.05) is 30.3 Å². The molecule has 114 valence electrons. The van der Waals surface area contributed by atoms with E-state index < -0.39 is 5.97 Å². The maximum absolute atomic E-state index is 10.7. The van der Waals surface area contributed by atoms with Crippen molar-refractivity contribution in [1.29, 1.82) is 0 Å². The molecule has 0 saturated carbocycles. The number of para-hydroxylation sites is 1. The fourth-order valence-electron chi connectivity index (χ4n) is 1.19. The van der Waals surface area contributed by atoms with Gasteiger partial charge in [-0.2, -0.15) is 0 Å². The summed E-state index contributed by atoms with van der Waals surface area (Å²) in [6.45, 7) is 6.10. The number of nitrogens with one attached hydrogen (secondary N) is 1. The van der Waals surface area contributed by atoms with E-state index in [4.69, 9.17) is 14.6 Å². The highest BCUT2D eigenvalue weighted by Crippen LogP contribution is 2.09. The van der Waals surface area contributed by atoms with Gasteiger partial charge < -0.3 is 19.9 Å². The lowest BCUT2D eigenvalue weighted by atomic mass is 10.3. The van der Waals surface area contributed by atoms with Crippen LogP contribution in [0, 0.1) is 0 Å². The highest BCUT2D eigenvalue weighted by Gasteiger charge is 2.24. The third-order valence-electron chi connectivity index (χ3n) is 2.37. The smallest absolute Gasteiger partial charge is 0.333 e. The second kappa shape index (κ2) is 8.76. The molecule has 0 aliphatic carbocycles. The summed E-state index contributed by atoms with van der Waals surface area (Å²) in [6, 6.07) is 9.23. The summed E-state index contributed by atoms with van der Waals surface area (Å²) in [7, 11) is 0. The van der Waals surface area contributed by atoms with Crippen LogP contribution < -0.4 is 5.32 Å². The van der Waals surface area contributed by atoms with Crippen molar-refractivity contribution in [3.05, 3.63) is 42.5 Å². The SMILES string of the molecule is C=C(C)C(=O)OCC1CO1.O=C(O)CNc1ccccc1. The Kier molecular flexibility index (Phi) is 6.97. The molecule has 6 heteroatoms. The van der Waals surface area contributed by atoms with Gasteiger partial charge in [-0.25, -0.2) is 4.79 Å². The zero-order valence-electron chi connectivity index (χ0n) is 11.9. The van der Waals surface area contributed by atoms with Crippen molar-refractivity contribution in [2.24, 2.45) is 0 Å². The zero-order valence-corrected chi connectivity index (χ0v) is 11.9. The Balaban J connectivity index is 0.000000211. The van der Waals surface area contributed by atoms with E-state index in [0.717, 1.165) is 5.69 Å². The van der Waals surface area contributed by atoms with E-state index in [0.29, 0.717) is 18.8 Å². The highest BCUT2D eigenvalue weighted by molar-refractivity contribution is 5.86. The minimum absolute atomic E-state index is 0.0377. The molecule has 2 rings (SSSR count). The first-order valence-corrected chi connectivity index (χ1v) is 6.44. The Labute approximate surface area is 123 Å². The van der Waals surface area contributed by atoms with Crippen LogP contribution in [0.3, 0.4) is 0 Å². The van der Waals surface area contributed by atoms with E-state index in [9.17, 15) is 9.59 Å². The molecule has 1 aliphatic heterocycles. The van der Waals surface area contributed by atoms with Gasteiger partial charge in [-0.05, 0) is 19.1 Å². The molecule has 2 N–H and O–H groups in total. The van der Waals surface area contributed by atoms with Crippen molar-refractivity contribution in [2.45, 2.75) is 13.0 Å². The van der Waals surface area contributed by atoms with Gasteiger partial charge >= 0.3 is 11.9 Å². The van der Waals surface area contributed by atoms with Crippen LogP contribution in [0.4, 0.5) is 5.69 Å². The number of aliphatic carboxylic acids is 1. The van der Waals surface area contributed by atoms with Gasteiger partial charge in [0.2, 0.25) is 0 Å². The van der Waals surface area contributed by atoms with E-state index in [1.54, 1.807) is 6.92 Å². The molecule has 0 aromatic heterocycles. The van der Waals surface area contributed by atoms with Crippen molar-refractivity contribution in [3.63, 3.8) is 0 Å². The first-order chi connectivity index (χ1) is 9.99. The number of benzene rings is 1. The molecular formula is C15H19NO5. The van der Waals surface area contributed by atoms with Crippen LogP contribution in [0.25, 0.3) is 0 Å². The molecule has 0 bridgehead atoms. The molecule has 1 saturated heterocycles. The summed E-state index contributed by atoms with van der Waals surface area (Å²) in [5.41, 5.74) is 1.26. The molecule has 0 spiro atoms. The predicted octanol–water partition coefficient (Wildman–Crippen LogP) is 1.69. The standard InChI is InChI=1S/C8H9NO2.C7H10O3/c10-8(11)6-9-7-4-2-1-3-5-7;1-5(2)7(8)10-4-6-3-9-6/h1-5,9H,6H2,(H,10,11);6H,1,3-4H2,2H3. The maximum Gasteiger partial charge on any atom is 0.333 e. The molecule has 1 aromatic carbocycles. The average Bonchev–Trinajstić information content (AvgIpc) is 3.28. The van der Waals surface area contributed by atoms with Crippen LogP contribution >= 0.6 is 0 Å². The Morgan fingerprint density at radius 2 is 2.05 bits per heavy atom. The minimum atomic E-state index is -0.853. The number of carboxylic acids is 1. The number of carbonyl (C=O) groups is 2. The molecule has 0 radical (unpaired) electrons. The predicted molar refractivity (Wildman–Crippen MR) is 78.1 cm³/mol. The average molecular weight is 293 g/mol. The number of anilines is 1. The van der Waals surface area contributed by atoms with Crippen molar-refractivity contribution in [2.75, 3.05) is 25.1 Å². The number of rotatable bonds is 6. The number of carboxylic acid groups (broad SMARTS) is 1. The van der Waals surface area contributed by atoms with Gasteiger partial charge in [0.05, 0.1) is 6.61 Å². The molecule has 21 heavy (non-hydrogen) atoms. The maximum atomic E-state index is 10.7. The summed E-state index contributed by atoms with van der Waals surface area (Å²) >= 11 is 0. The molecule has 1 aliphatic rings. The van der Waals surface area contributed by atoms with Crippen molar-refractivity contribution in [1.82, 2.24) is 0 Å². The Bertz CT molecular complexity index is 482. The summed E-state index contributed by atoms with van der Waals surface area (Å²) in [5.74, 6) is -1.19.